The Hall–Kier alpha value is -3.16. The van der Waals surface area contributed by atoms with Gasteiger partial charge in [0, 0.05) is 23.9 Å². The van der Waals surface area contributed by atoms with Crippen molar-refractivity contribution in [2.45, 2.75) is 25.8 Å². The molecule has 1 aromatic heterocycles. The van der Waals surface area contributed by atoms with Crippen molar-refractivity contribution < 1.29 is 23.5 Å². The number of imide groups is 1. The summed E-state index contributed by atoms with van der Waals surface area (Å²) in [4.78, 5) is 46.0. The SMILES string of the molecule is Cc1cc(=O)oc2cc(OCC(=O)NC3CCC(=O)NC3=O)ccc12. The third-order valence-electron chi connectivity index (χ3n) is 3.87. The van der Waals surface area contributed by atoms with E-state index in [-0.39, 0.29) is 25.4 Å². The zero-order valence-corrected chi connectivity index (χ0v) is 13.5. The molecule has 3 amide bonds. The summed E-state index contributed by atoms with van der Waals surface area (Å²) in [5.74, 6) is -0.993. The fourth-order valence-corrected chi connectivity index (χ4v) is 2.61. The van der Waals surface area contributed by atoms with Gasteiger partial charge in [0.25, 0.3) is 5.91 Å². The molecule has 1 saturated heterocycles. The normalized spacial score (nSPS) is 17.2. The van der Waals surface area contributed by atoms with Crippen LogP contribution < -0.4 is 21.0 Å². The number of nitrogens with one attached hydrogen (secondary N) is 2. The average Bonchev–Trinajstić information content (AvgIpc) is 2.55. The molecule has 3 rings (SSSR count). The summed E-state index contributed by atoms with van der Waals surface area (Å²) >= 11 is 0. The van der Waals surface area contributed by atoms with E-state index in [9.17, 15) is 19.2 Å². The number of rotatable bonds is 4. The molecule has 1 aliphatic rings. The lowest BCUT2D eigenvalue weighted by atomic mass is 10.1. The molecule has 0 bridgehead atoms. The van der Waals surface area contributed by atoms with Crippen LogP contribution in [-0.2, 0) is 14.4 Å². The maximum Gasteiger partial charge on any atom is 0.336 e. The largest absolute Gasteiger partial charge is 0.484 e. The van der Waals surface area contributed by atoms with Crippen molar-refractivity contribution in [1.29, 1.82) is 0 Å². The van der Waals surface area contributed by atoms with Crippen LogP contribution in [0.15, 0.2) is 33.5 Å². The first kappa shape index (κ1) is 16.7. The van der Waals surface area contributed by atoms with E-state index in [1.807, 2.05) is 0 Å². The predicted molar refractivity (Wildman–Crippen MR) is 87.0 cm³/mol. The van der Waals surface area contributed by atoms with Gasteiger partial charge in [0.1, 0.15) is 17.4 Å². The molecule has 1 aromatic carbocycles. The summed E-state index contributed by atoms with van der Waals surface area (Å²) in [5.41, 5.74) is 0.694. The lowest BCUT2D eigenvalue weighted by Crippen LogP contribution is -2.53. The molecule has 0 saturated carbocycles. The third-order valence-corrected chi connectivity index (χ3v) is 3.87. The highest BCUT2D eigenvalue weighted by molar-refractivity contribution is 6.01. The summed E-state index contributed by atoms with van der Waals surface area (Å²) in [6.07, 6.45) is 0.442. The van der Waals surface area contributed by atoms with Gasteiger partial charge in [-0.25, -0.2) is 4.79 Å². The zero-order valence-electron chi connectivity index (χ0n) is 13.5. The molecule has 25 heavy (non-hydrogen) atoms. The number of hydrogen-bond donors (Lipinski definition) is 2. The van der Waals surface area contributed by atoms with E-state index in [0.717, 1.165) is 10.9 Å². The summed E-state index contributed by atoms with van der Waals surface area (Å²) in [6, 6.07) is 5.58. The van der Waals surface area contributed by atoms with Crippen LogP contribution in [0.2, 0.25) is 0 Å². The highest BCUT2D eigenvalue weighted by Crippen LogP contribution is 2.22. The molecule has 1 aliphatic heterocycles. The number of amides is 3. The Morgan fingerprint density at radius 1 is 1.32 bits per heavy atom. The van der Waals surface area contributed by atoms with Crippen molar-refractivity contribution in [2.75, 3.05) is 6.61 Å². The fraction of sp³-hybridized carbons (Fsp3) is 0.294. The molecular formula is C17H16N2O6. The first-order chi connectivity index (χ1) is 11.9. The van der Waals surface area contributed by atoms with Crippen LogP contribution in [0, 0.1) is 6.92 Å². The summed E-state index contributed by atoms with van der Waals surface area (Å²) in [6.45, 7) is 1.49. The molecule has 0 spiro atoms. The number of hydrogen-bond acceptors (Lipinski definition) is 6. The zero-order chi connectivity index (χ0) is 18.0. The molecule has 2 aromatic rings. The van der Waals surface area contributed by atoms with Gasteiger partial charge < -0.3 is 14.5 Å². The Kier molecular flexibility index (Phi) is 4.51. The van der Waals surface area contributed by atoms with Crippen LogP contribution >= 0.6 is 0 Å². The number of carbonyl (C=O) groups excluding carboxylic acids is 3. The van der Waals surface area contributed by atoms with Crippen molar-refractivity contribution in [1.82, 2.24) is 10.6 Å². The second-order valence-electron chi connectivity index (χ2n) is 5.77. The first-order valence-corrected chi connectivity index (χ1v) is 7.73. The molecule has 2 heterocycles. The molecule has 1 unspecified atom stereocenters. The van der Waals surface area contributed by atoms with Crippen molar-refractivity contribution in [3.63, 3.8) is 0 Å². The van der Waals surface area contributed by atoms with Gasteiger partial charge in [0.2, 0.25) is 11.8 Å². The second kappa shape index (κ2) is 6.76. The Labute approximate surface area is 142 Å². The van der Waals surface area contributed by atoms with Gasteiger partial charge in [-0.3, -0.25) is 19.7 Å². The number of aryl methyl sites for hydroxylation is 1. The van der Waals surface area contributed by atoms with Crippen molar-refractivity contribution in [3.05, 3.63) is 40.2 Å². The smallest absolute Gasteiger partial charge is 0.336 e. The Morgan fingerprint density at radius 2 is 2.12 bits per heavy atom. The predicted octanol–water partition coefficient (Wildman–Crippen LogP) is 0.402. The summed E-state index contributed by atoms with van der Waals surface area (Å²) in [5, 5.41) is 5.45. The second-order valence-corrected chi connectivity index (χ2v) is 5.77. The quantitative estimate of drug-likeness (QED) is 0.613. The van der Waals surface area contributed by atoms with Gasteiger partial charge in [-0.05, 0) is 31.0 Å². The minimum Gasteiger partial charge on any atom is -0.484 e. The van der Waals surface area contributed by atoms with E-state index in [1.165, 1.54) is 12.1 Å². The number of piperidine rings is 1. The van der Waals surface area contributed by atoms with Gasteiger partial charge in [0.15, 0.2) is 6.61 Å². The van der Waals surface area contributed by atoms with Crippen LogP contribution in [0.5, 0.6) is 5.75 Å². The Balaban J connectivity index is 1.62. The van der Waals surface area contributed by atoms with Gasteiger partial charge in [0.05, 0.1) is 0 Å². The molecule has 0 radical (unpaired) electrons. The molecule has 1 atom stereocenters. The third kappa shape index (κ3) is 3.85. The van der Waals surface area contributed by atoms with E-state index in [2.05, 4.69) is 10.6 Å². The van der Waals surface area contributed by atoms with E-state index < -0.39 is 23.5 Å². The molecule has 8 nitrogen and oxygen atoms in total. The lowest BCUT2D eigenvalue weighted by Gasteiger charge is -2.21. The Morgan fingerprint density at radius 3 is 2.88 bits per heavy atom. The average molecular weight is 344 g/mol. The molecule has 0 aliphatic carbocycles. The van der Waals surface area contributed by atoms with Gasteiger partial charge in [-0.2, -0.15) is 0 Å². The standard InChI is InChI=1S/C17H16N2O6/c1-9-6-16(22)25-13-7-10(2-3-11(9)13)24-8-15(21)18-12-4-5-14(20)19-17(12)23/h2-3,6-7,12H,4-5,8H2,1H3,(H,18,21)(H,19,20,23). The molecule has 1 fully saturated rings. The monoisotopic (exact) mass is 344 g/mol. The minimum absolute atomic E-state index is 0.181. The Bertz CT molecular complexity index is 917. The molecule has 2 N–H and O–H groups in total. The summed E-state index contributed by atoms with van der Waals surface area (Å²) < 4.78 is 10.5. The van der Waals surface area contributed by atoms with Crippen molar-refractivity contribution in [3.8, 4) is 5.75 Å². The van der Waals surface area contributed by atoms with Gasteiger partial charge >= 0.3 is 5.63 Å². The van der Waals surface area contributed by atoms with E-state index in [1.54, 1.807) is 19.1 Å². The molecular weight excluding hydrogens is 328 g/mol. The maximum absolute atomic E-state index is 11.9. The highest BCUT2D eigenvalue weighted by atomic mass is 16.5. The van der Waals surface area contributed by atoms with Crippen LogP contribution in [0.1, 0.15) is 18.4 Å². The minimum atomic E-state index is -0.744. The maximum atomic E-state index is 11.9. The number of carbonyl (C=O) groups is 3. The first-order valence-electron chi connectivity index (χ1n) is 7.73. The van der Waals surface area contributed by atoms with E-state index in [0.29, 0.717) is 11.3 Å². The van der Waals surface area contributed by atoms with Crippen molar-refractivity contribution >= 4 is 28.7 Å². The van der Waals surface area contributed by atoms with Gasteiger partial charge in [-0.1, -0.05) is 0 Å². The highest BCUT2D eigenvalue weighted by Gasteiger charge is 2.27. The van der Waals surface area contributed by atoms with Gasteiger partial charge in [-0.15, -0.1) is 0 Å². The number of ether oxygens (including phenoxy) is 1. The van der Waals surface area contributed by atoms with Crippen molar-refractivity contribution in [2.24, 2.45) is 0 Å². The molecule has 8 heteroatoms. The fourth-order valence-electron chi connectivity index (χ4n) is 2.61. The van der Waals surface area contributed by atoms with Crippen LogP contribution in [0.3, 0.4) is 0 Å². The number of benzene rings is 1. The van der Waals surface area contributed by atoms with Crippen LogP contribution in [0.4, 0.5) is 0 Å². The van der Waals surface area contributed by atoms with E-state index in [4.69, 9.17) is 9.15 Å². The van der Waals surface area contributed by atoms with E-state index >= 15 is 0 Å². The van der Waals surface area contributed by atoms with Crippen LogP contribution in [-0.4, -0.2) is 30.4 Å². The number of fused-ring (bicyclic) bond motifs is 1. The topological polar surface area (TPSA) is 115 Å². The summed E-state index contributed by atoms with van der Waals surface area (Å²) in [7, 11) is 0. The van der Waals surface area contributed by atoms with Crippen LogP contribution in [0.25, 0.3) is 11.0 Å². The lowest BCUT2D eigenvalue weighted by molar-refractivity contribution is -0.137. The molecule has 130 valence electrons.